The molecule has 4 aromatic rings. The molecule has 0 heterocycles. The largest absolute Gasteiger partial charge is 0.354 e. The molecule has 42 heavy (non-hydrogen) atoms. The van der Waals surface area contributed by atoms with Gasteiger partial charge >= 0.3 is 0 Å². The first kappa shape index (κ1) is 34.1. The van der Waals surface area contributed by atoms with Gasteiger partial charge in [-0.3, -0.25) is 18.7 Å². The molecule has 0 saturated carbocycles. The number of nitrogens with one attached hydrogen (secondary N) is 2. The molecule has 1 aliphatic rings. The van der Waals surface area contributed by atoms with Gasteiger partial charge in [0.15, 0.2) is 11.6 Å². The summed E-state index contributed by atoms with van der Waals surface area (Å²) < 4.78 is 67.4. The second-order valence-electron chi connectivity index (χ2n) is 9.31. The van der Waals surface area contributed by atoms with E-state index in [1.165, 1.54) is 60.7 Å². The quantitative estimate of drug-likeness (QED) is 0.158. The Labute approximate surface area is 287 Å². The second-order valence-corrected chi connectivity index (χ2v) is 12.1. The summed E-state index contributed by atoms with van der Waals surface area (Å²) >= 11 is 0. The molecule has 0 atom stereocenters. The van der Waals surface area contributed by atoms with Crippen LogP contribution in [0.5, 0.6) is 0 Å². The number of ketones is 2. The number of carbonyl (C=O) groups is 2. The molecule has 0 bridgehead atoms. The van der Waals surface area contributed by atoms with E-state index in [-0.39, 0.29) is 114 Å². The van der Waals surface area contributed by atoms with Crippen LogP contribution < -0.4 is 10.6 Å². The van der Waals surface area contributed by atoms with Gasteiger partial charge in [0.1, 0.15) is 9.79 Å². The van der Waals surface area contributed by atoms with Gasteiger partial charge in [0.2, 0.25) is 0 Å². The molecule has 10 nitrogen and oxygen atoms in total. The van der Waals surface area contributed by atoms with Gasteiger partial charge in [0.25, 0.3) is 20.2 Å². The van der Waals surface area contributed by atoms with Crippen LogP contribution in [0.1, 0.15) is 43.0 Å². The minimum absolute atomic E-state index is 0. The number of anilines is 4. The van der Waals surface area contributed by atoms with E-state index in [2.05, 4.69) is 10.6 Å². The number of rotatable bonds is 6. The standard InChI is InChI=1S/C28H22N2O8S2.2Na/c1-15-9-11-19(23(13-15)39(33,34)35)29-21-7-3-5-17-25(21)27(31)18-6-4-8-22(26(18)28(17)32)30-20-12-10-16(2)14-24(20)40(36,37)38;;/h3-14,29-30H,1-2H3,(H,33,34,35)(H,36,37,38);;. The van der Waals surface area contributed by atoms with E-state index >= 15 is 0 Å². The molecule has 206 valence electrons. The Morgan fingerprint density at radius 1 is 0.548 bits per heavy atom. The van der Waals surface area contributed by atoms with Gasteiger partial charge in [-0.1, -0.05) is 36.4 Å². The summed E-state index contributed by atoms with van der Waals surface area (Å²) in [7, 11) is -9.21. The maximum absolute atomic E-state index is 13.8. The fourth-order valence-corrected chi connectivity index (χ4v) is 6.10. The van der Waals surface area contributed by atoms with Gasteiger partial charge in [0.05, 0.1) is 33.9 Å². The number of fused-ring (bicyclic) bond motifs is 2. The zero-order valence-corrected chi connectivity index (χ0v) is 28.7. The Hall–Kier alpha value is -2.36. The first-order chi connectivity index (χ1) is 18.8. The van der Waals surface area contributed by atoms with Crippen LogP contribution in [0.2, 0.25) is 0 Å². The van der Waals surface area contributed by atoms with Crippen molar-refractivity contribution in [1.82, 2.24) is 0 Å². The first-order valence-electron chi connectivity index (χ1n) is 11.8. The first-order valence-corrected chi connectivity index (χ1v) is 14.7. The minimum Gasteiger partial charge on any atom is -0.354 e. The van der Waals surface area contributed by atoms with Gasteiger partial charge in [-0.15, -0.1) is 0 Å². The Morgan fingerprint density at radius 3 is 1.24 bits per heavy atom. The molecule has 1 aliphatic carbocycles. The number of carbonyl (C=O) groups excluding carboxylic acids is 2. The van der Waals surface area contributed by atoms with Crippen LogP contribution in [0.3, 0.4) is 0 Å². The Morgan fingerprint density at radius 2 is 0.905 bits per heavy atom. The molecule has 4 N–H and O–H groups in total. The van der Waals surface area contributed by atoms with Crippen molar-refractivity contribution in [2.24, 2.45) is 0 Å². The van der Waals surface area contributed by atoms with Gasteiger partial charge in [-0.25, -0.2) is 0 Å². The van der Waals surface area contributed by atoms with Crippen LogP contribution in [0.25, 0.3) is 0 Å². The fourth-order valence-electron chi connectivity index (χ4n) is 4.63. The van der Waals surface area contributed by atoms with Gasteiger partial charge in [0, 0.05) is 70.2 Å². The summed E-state index contributed by atoms with van der Waals surface area (Å²) in [6, 6.07) is 17.6. The van der Waals surface area contributed by atoms with Crippen molar-refractivity contribution in [3.05, 3.63) is 106 Å². The Kier molecular flexibility index (Phi) is 10.3. The van der Waals surface area contributed by atoms with Crippen molar-refractivity contribution >= 4 is 114 Å². The third-order valence-corrected chi connectivity index (χ3v) is 8.23. The average Bonchev–Trinajstić information content (AvgIpc) is 2.88. The maximum Gasteiger partial charge on any atom is 0.296 e. The van der Waals surface area contributed by atoms with Crippen LogP contribution in [-0.4, -0.2) is 96.6 Å². The van der Waals surface area contributed by atoms with Crippen LogP contribution in [0, 0.1) is 13.8 Å². The smallest absolute Gasteiger partial charge is 0.296 e. The molecular formula is C28H22N2Na2O8S2. The molecular weight excluding hydrogens is 602 g/mol. The number of aryl methyl sites for hydroxylation is 2. The van der Waals surface area contributed by atoms with Crippen molar-refractivity contribution in [2.75, 3.05) is 10.6 Å². The van der Waals surface area contributed by atoms with Crippen LogP contribution >= 0.6 is 0 Å². The van der Waals surface area contributed by atoms with E-state index in [9.17, 15) is 35.5 Å². The molecule has 0 amide bonds. The predicted molar refractivity (Wildman–Crippen MR) is 160 cm³/mol. The SMILES string of the molecule is Cc1ccc(Nc2cccc3c2C(=O)c2cccc(Nc4ccc(C)cc4S(=O)(=O)O)c2C3=O)c(S(=O)(=O)O)c1.[Na].[Na]. The topological polar surface area (TPSA) is 167 Å². The van der Waals surface area contributed by atoms with Crippen LogP contribution in [-0.2, 0) is 20.2 Å². The minimum atomic E-state index is -4.61. The van der Waals surface area contributed by atoms with Crippen molar-refractivity contribution in [1.29, 1.82) is 0 Å². The van der Waals surface area contributed by atoms with E-state index in [0.717, 1.165) is 0 Å². The van der Waals surface area contributed by atoms with Gasteiger partial charge < -0.3 is 10.6 Å². The molecule has 14 heteroatoms. The Bertz CT molecular complexity index is 1840. The van der Waals surface area contributed by atoms with Crippen molar-refractivity contribution in [2.45, 2.75) is 23.6 Å². The molecule has 4 aromatic carbocycles. The predicted octanol–water partition coefficient (Wildman–Crippen LogP) is 4.30. The zero-order chi connectivity index (χ0) is 29.0. The van der Waals surface area contributed by atoms with Crippen LogP contribution in [0.4, 0.5) is 22.7 Å². The van der Waals surface area contributed by atoms with Crippen molar-refractivity contribution in [3.63, 3.8) is 0 Å². The summed E-state index contributed by atoms with van der Waals surface area (Å²) in [5.41, 5.74) is 1.59. The number of hydrogen-bond donors (Lipinski definition) is 4. The monoisotopic (exact) mass is 624 g/mol. The van der Waals surface area contributed by atoms with Gasteiger partial charge in [-0.2, -0.15) is 16.8 Å². The molecule has 2 radical (unpaired) electrons. The summed E-state index contributed by atoms with van der Waals surface area (Å²) in [5.74, 6) is -1.06. The fraction of sp³-hybridized carbons (Fsp3) is 0.0714. The van der Waals surface area contributed by atoms with E-state index < -0.39 is 31.8 Å². The molecule has 0 aromatic heterocycles. The van der Waals surface area contributed by atoms with Gasteiger partial charge in [-0.05, 0) is 61.4 Å². The molecule has 5 rings (SSSR count). The zero-order valence-electron chi connectivity index (χ0n) is 23.1. The third kappa shape index (κ3) is 6.58. The second kappa shape index (κ2) is 12.7. The van der Waals surface area contributed by atoms with E-state index in [1.54, 1.807) is 26.0 Å². The number of benzene rings is 4. The molecule has 0 spiro atoms. The van der Waals surface area contributed by atoms with E-state index in [0.29, 0.717) is 11.1 Å². The normalized spacial score (nSPS) is 12.4. The van der Waals surface area contributed by atoms with Crippen molar-refractivity contribution in [3.8, 4) is 0 Å². The molecule has 0 fully saturated rings. The van der Waals surface area contributed by atoms with E-state index in [4.69, 9.17) is 0 Å². The summed E-state index contributed by atoms with van der Waals surface area (Å²) in [5, 5.41) is 5.76. The maximum atomic E-state index is 13.8. The number of hydrogen-bond acceptors (Lipinski definition) is 8. The summed E-state index contributed by atoms with van der Waals surface area (Å²) in [4.78, 5) is 26.7. The van der Waals surface area contributed by atoms with E-state index in [1.807, 2.05) is 0 Å². The average molecular weight is 625 g/mol. The van der Waals surface area contributed by atoms with Crippen molar-refractivity contribution < 1.29 is 35.5 Å². The Balaban J connectivity index is 0.00000242. The molecule has 0 aliphatic heterocycles. The molecule has 0 unspecified atom stereocenters. The molecule has 0 saturated heterocycles. The third-order valence-electron chi connectivity index (χ3n) is 6.44. The summed E-state index contributed by atoms with van der Waals surface area (Å²) in [6.07, 6.45) is 0. The van der Waals surface area contributed by atoms with Crippen LogP contribution in [0.15, 0.2) is 82.6 Å². The summed E-state index contributed by atoms with van der Waals surface area (Å²) in [6.45, 7) is 3.31.